The molecule has 0 saturated heterocycles. The molecule has 4 nitrogen and oxygen atoms in total. The van der Waals surface area contributed by atoms with Crippen molar-refractivity contribution in [3.63, 3.8) is 0 Å². The van der Waals surface area contributed by atoms with Gasteiger partial charge in [-0.15, -0.1) is 0 Å². The van der Waals surface area contributed by atoms with Crippen molar-refractivity contribution >= 4 is 5.97 Å². The Balaban J connectivity index is 2.03. The highest BCUT2D eigenvalue weighted by molar-refractivity contribution is 5.67. The Labute approximate surface area is 119 Å². The summed E-state index contributed by atoms with van der Waals surface area (Å²) in [5.41, 5.74) is 4.05. The van der Waals surface area contributed by atoms with Gasteiger partial charge in [0, 0.05) is 12.6 Å². The lowest BCUT2D eigenvalue weighted by Gasteiger charge is -2.20. The maximum Gasteiger partial charge on any atom is 0.304 e. The van der Waals surface area contributed by atoms with Gasteiger partial charge in [-0.05, 0) is 48.8 Å². The van der Waals surface area contributed by atoms with E-state index < -0.39 is 5.97 Å². The van der Waals surface area contributed by atoms with Crippen LogP contribution in [-0.2, 0) is 24.1 Å². The SMILES string of the molecule is O=C(O)CC(Cc1ccc2c(c1)CCCC2)NCCO. The van der Waals surface area contributed by atoms with Crippen LogP contribution in [0.25, 0.3) is 0 Å². The number of carbonyl (C=O) groups is 1. The normalized spacial score (nSPS) is 15.7. The fourth-order valence-electron chi connectivity index (χ4n) is 2.89. The van der Waals surface area contributed by atoms with E-state index >= 15 is 0 Å². The fourth-order valence-corrected chi connectivity index (χ4v) is 2.89. The lowest BCUT2D eigenvalue weighted by Crippen LogP contribution is -2.35. The first-order valence-corrected chi connectivity index (χ1v) is 7.35. The summed E-state index contributed by atoms with van der Waals surface area (Å²) in [4.78, 5) is 10.9. The number of hydrogen-bond donors (Lipinski definition) is 3. The third-order valence-electron chi connectivity index (χ3n) is 3.86. The van der Waals surface area contributed by atoms with Gasteiger partial charge in [-0.3, -0.25) is 4.79 Å². The first-order valence-electron chi connectivity index (χ1n) is 7.35. The molecule has 1 aliphatic carbocycles. The monoisotopic (exact) mass is 277 g/mol. The largest absolute Gasteiger partial charge is 0.481 e. The Kier molecular flexibility index (Phi) is 5.56. The van der Waals surface area contributed by atoms with Gasteiger partial charge in [0.25, 0.3) is 0 Å². The van der Waals surface area contributed by atoms with Crippen molar-refractivity contribution in [3.8, 4) is 0 Å². The Bertz CT molecular complexity index is 459. The highest BCUT2D eigenvalue weighted by Gasteiger charge is 2.15. The molecule has 20 heavy (non-hydrogen) atoms. The minimum absolute atomic E-state index is 0.0281. The second-order valence-electron chi connectivity index (χ2n) is 5.49. The van der Waals surface area contributed by atoms with Crippen LogP contribution in [0.4, 0.5) is 0 Å². The van der Waals surface area contributed by atoms with Gasteiger partial charge in [-0.2, -0.15) is 0 Å². The molecule has 1 aromatic rings. The summed E-state index contributed by atoms with van der Waals surface area (Å²) in [6, 6.07) is 6.40. The third-order valence-corrected chi connectivity index (χ3v) is 3.86. The van der Waals surface area contributed by atoms with Gasteiger partial charge >= 0.3 is 5.97 Å². The molecule has 110 valence electrons. The highest BCUT2D eigenvalue weighted by Crippen LogP contribution is 2.23. The molecule has 0 bridgehead atoms. The molecule has 0 aliphatic heterocycles. The lowest BCUT2D eigenvalue weighted by atomic mass is 9.89. The van der Waals surface area contributed by atoms with E-state index in [-0.39, 0.29) is 19.1 Å². The number of aliphatic hydroxyl groups is 1. The summed E-state index contributed by atoms with van der Waals surface area (Å²) in [5.74, 6) is -0.807. The maximum atomic E-state index is 10.9. The second kappa shape index (κ2) is 7.41. The smallest absolute Gasteiger partial charge is 0.304 e. The van der Waals surface area contributed by atoms with Crippen molar-refractivity contribution in [2.45, 2.75) is 44.6 Å². The van der Waals surface area contributed by atoms with E-state index in [0.29, 0.717) is 13.0 Å². The lowest BCUT2D eigenvalue weighted by molar-refractivity contribution is -0.137. The van der Waals surface area contributed by atoms with Gasteiger partial charge in [0.05, 0.1) is 13.0 Å². The van der Waals surface area contributed by atoms with Crippen molar-refractivity contribution in [2.24, 2.45) is 0 Å². The predicted octanol–water partition coefficient (Wildman–Crippen LogP) is 1.53. The van der Waals surface area contributed by atoms with Crippen LogP contribution in [0, 0.1) is 0 Å². The predicted molar refractivity (Wildman–Crippen MR) is 77.9 cm³/mol. The van der Waals surface area contributed by atoms with Gasteiger partial charge < -0.3 is 15.5 Å². The maximum absolute atomic E-state index is 10.9. The van der Waals surface area contributed by atoms with Crippen LogP contribution in [0.3, 0.4) is 0 Å². The van der Waals surface area contributed by atoms with Crippen LogP contribution < -0.4 is 5.32 Å². The average Bonchev–Trinajstić information content (AvgIpc) is 2.44. The van der Waals surface area contributed by atoms with E-state index in [9.17, 15) is 4.79 Å². The van der Waals surface area contributed by atoms with E-state index in [2.05, 4.69) is 23.5 Å². The van der Waals surface area contributed by atoms with Gasteiger partial charge in [0.15, 0.2) is 0 Å². The zero-order valence-electron chi connectivity index (χ0n) is 11.8. The summed E-state index contributed by atoms with van der Waals surface area (Å²) in [6.07, 6.45) is 5.59. The number of aryl methyl sites for hydroxylation is 2. The van der Waals surface area contributed by atoms with E-state index in [0.717, 1.165) is 12.8 Å². The second-order valence-corrected chi connectivity index (χ2v) is 5.49. The number of carboxylic acids is 1. The summed E-state index contributed by atoms with van der Waals surface area (Å²) in [7, 11) is 0. The molecule has 1 atom stereocenters. The molecule has 3 N–H and O–H groups in total. The zero-order valence-corrected chi connectivity index (χ0v) is 11.8. The van der Waals surface area contributed by atoms with Gasteiger partial charge in [0.1, 0.15) is 0 Å². The molecular weight excluding hydrogens is 254 g/mol. The molecule has 4 heteroatoms. The van der Waals surface area contributed by atoms with Crippen LogP contribution in [0.15, 0.2) is 18.2 Å². The van der Waals surface area contributed by atoms with Crippen LogP contribution in [0.1, 0.15) is 36.0 Å². The minimum Gasteiger partial charge on any atom is -0.481 e. The van der Waals surface area contributed by atoms with Crippen molar-refractivity contribution in [1.29, 1.82) is 0 Å². The van der Waals surface area contributed by atoms with E-state index in [1.54, 1.807) is 0 Å². The number of rotatable bonds is 7. The van der Waals surface area contributed by atoms with Crippen LogP contribution in [0.2, 0.25) is 0 Å². The Morgan fingerprint density at radius 3 is 2.70 bits per heavy atom. The molecule has 1 aromatic carbocycles. The first-order chi connectivity index (χ1) is 9.69. The summed E-state index contributed by atoms with van der Waals surface area (Å²) >= 11 is 0. The standard InChI is InChI=1S/C16H23NO3/c18-8-7-17-15(11-16(19)20)10-12-5-6-13-3-1-2-4-14(13)9-12/h5-6,9,15,17-18H,1-4,7-8,10-11H2,(H,19,20). The number of nitrogens with one attached hydrogen (secondary N) is 1. The summed E-state index contributed by atoms with van der Waals surface area (Å²) < 4.78 is 0. The fraction of sp³-hybridized carbons (Fsp3) is 0.562. The van der Waals surface area contributed by atoms with Crippen LogP contribution >= 0.6 is 0 Å². The molecule has 0 amide bonds. The van der Waals surface area contributed by atoms with Crippen molar-refractivity contribution in [3.05, 3.63) is 34.9 Å². The quantitative estimate of drug-likeness (QED) is 0.707. The Morgan fingerprint density at radius 2 is 2.00 bits per heavy atom. The molecular formula is C16H23NO3. The highest BCUT2D eigenvalue weighted by atomic mass is 16.4. The molecule has 0 fully saturated rings. The number of fused-ring (bicyclic) bond motifs is 1. The molecule has 0 radical (unpaired) electrons. The topological polar surface area (TPSA) is 69.6 Å². The van der Waals surface area contributed by atoms with E-state index in [1.807, 2.05) is 0 Å². The van der Waals surface area contributed by atoms with Crippen LogP contribution in [-0.4, -0.2) is 35.4 Å². The molecule has 2 rings (SSSR count). The first kappa shape index (κ1) is 15.0. The summed E-state index contributed by atoms with van der Waals surface area (Å²) in [5, 5.41) is 20.9. The van der Waals surface area contributed by atoms with Crippen molar-refractivity contribution < 1.29 is 15.0 Å². The van der Waals surface area contributed by atoms with Crippen molar-refractivity contribution in [2.75, 3.05) is 13.2 Å². The number of carboxylic acid groups (broad SMARTS) is 1. The molecule has 0 aromatic heterocycles. The molecule has 1 unspecified atom stereocenters. The Hall–Kier alpha value is -1.39. The van der Waals surface area contributed by atoms with Gasteiger partial charge in [0.2, 0.25) is 0 Å². The van der Waals surface area contributed by atoms with E-state index in [1.165, 1.54) is 29.5 Å². The van der Waals surface area contributed by atoms with Crippen molar-refractivity contribution in [1.82, 2.24) is 5.32 Å². The number of hydrogen-bond acceptors (Lipinski definition) is 3. The number of aliphatic carboxylic acids is 1. The summed E-state index contributed by atoms with van der Waals surface area (Å²) in [6.45, 7) is 0.462. The van der Waals surface area contributed by atoms with Crippen LogP contribution in [0.5, 0.6) is 0 Å². The molecule has 0 heterocycles. The van der Waals surface area contributed by atoms with E-state index in [4.69, 9.17) is 10.2 Å². The molecule has 0 spiro atoms. The minimum atomic E-state index is -0.807. The molecule has 0 saturated carbocycles. The molecule has 1 aliphatic rings. The number of aliphatic hydroxyl groups excluding tert-OH is 1. The Morgan fingerprint density at radius 1 is 1.25 bits per heavy atom. The zero-order chi connectivity index (χ0) is 14.4. The van der Waals surface area contributed by atoms with Gasteiger partial charge in [-0.25, -0.2) is 0 Å². The van der Waals surface area contributed by atoms with Gasteiger partial charge in [-0.1, -0.05) is 18.2 Å². The number of benzene rings is 1. The average molecular weight is 277 g/mol. The third kappa shape index (κ3) is 4.32.